The molecule has 0 atom stereocenters. The van der Waals surface area contributed by atoms with Gasteiger partial charge >= 0.3 is 5.97 Å². The third kappa shape index (κ3) is 4.36. The van der Waals surface area contributed by atoms with Crippen LogP contribution in [0.1, 0.15) is 38.8 Å². The third-order valence-corrected chi connectivity index (χ3v) is 3.11. The van der Waals surface area contributed by atoms with Gasteiger partial charge in [0, 0.05) is 6.92 Å². The molecule has 18 heavy (non-hydrogen) atoms. The summed E-state index contributed by atoms with van der Waals surface area (Å²) in [6.07, 6.45) is 2.31. The van der Waals surface area contributed by atoms with E-state index in [-0.39, 0.29) is 5.97 Å². The number of benzene rings is 1. The highest BCUT2D eigenvalue weighted by Crippen LogP contribution is 2.24. The van der Waals surface area contributed by atoms with Gasteiger partial charge in [-0.25, -0.2) is 0 Å². The Morgan fingerprint density at radius 2 is 1.56 bits per heavy atom. The number of hydrogen-bond acceptors (Lipinski definition) is 2. The number of rotatable bonds is 1. The van der Waals surface area contributed by atoms with E-state index in [4.69, 9.17) is 0 Å². The molecule has 1 aliphatic rings. The third-order valence-electron chi connectivity index (χ3n) is 3.11. The fraction of sp³-hybridized carbons (Fsp3) is 0.438. The normalized spacial score (nSPS) is 13.3. The molecule has 0 unspecified atom stereocenters. The minimum Gasteiger partial charge on any atom is -0.466 e. The lowest BCUT2D eigenvalue weighted by Gasteiger charge is -2.18. The van der Waals surface area contributed by atoms with Crippen LogP contribution in [-0.4, -0.2) is 12.6 Å². The molecule has 98 valence electrons. The molecular weight excluding hydrogens is 224 g/mol. The van der Waals surface area contributed by atoms with Crippen LogP contribution in [0.5, 0.6) is 0 Å². The highest BCUT2D eigenvalue weighted by molar-refractivity contribution is 5.65. The van der Waals surface area contributed by atoms with Gasteiger partial charge in [-0.05, 0) is 44.7 Å². The summed E-state index contributed by atoms with van der Waals surface area (Å²) in [6.45, 7) is 8.14. The molecule has 2 heteroatoms. The Labute approximate surface area is 110 Å². The number of esters is 1. The summed E-state index contributed by atoms with van der Waals surface area (Å²) < 4.78 is 4.40. The maximum Gasteiger partial charge on any atom is 0.302 e. The highest BCUT2D eigenvalue weighted by Gasteiger charge is 2.10. The molecule has 0 amide bonds. The Hall–Kier alpha value is -1.57. The van der Waals surface area contributed by atoms with Gasteiger partial charge in [0.25, 0.3) is 0 Å². The van der Waals surface area contributed by atoms with Crippen LogP contribution < -0.4 is 0 Å². The van der Waals surface area contributed by atoms with E-state index in [1.807, 2.05) is 0 Å². The first kappa shape index (κ1) is 14.5. The number of carbonyl (C=O) groups excluding carboxylic acids is 1. The molecule has 0 saturated carbocycles. The molecule has 1 aliphatic carbocycles. The lowest BCUT2D eigenvalue weighted by molar-refractivity contribution is -0.140. The Balaban J connectivity index is 0.000000232. The van der Waals surface area contributed by atoms with Crippen molar-refractivity contribution in [3.63, 3.8) is 0 Å². The number of allylic oxidation sites excluding steroid dienone is 2. The van der Waals surface area contributed by atoms with Gasteiger partial charge in [0.2, 0.25) is 0 Å². The van der Waals surface area contributed by atoms with Crippen LogP contribution in [-0.2, 0) is 22.4 Å². The Bertz CT molecular complexity index is 411. The minimum atomic E-state index is -0.211. The monoisotopic (exact) mass is 246 g/mol. The Morgan fingerprint density at radius 1 is 1.11 bits per heavy atom. The maximum atomic E-state index is 9.82. The van der Waals surface area contributed by atoms with Crippen LogP contribution in [0.25, 0.3) is 0 Å². The zero-order valence-corrected chi connectivity index (χ0v) is 11.7. The van der Waals surface area contributed by atoms with Crippen molar-refractivity contribution in [2.24, 2.45) is 0 Å². The van der Waals surface area contributed by atoms with Crippen LogP contribution >= 0.6 is 0 Å². The van der Waals surface area contributed by atoms with Gasteiger partial charge in [0.1, 0.15) is 0 Å². The van der Waals surface area contributed by atoms with Crippen molar-refractivity contribution in [3.8, 4) is 0 Å². The predicted molar refractivity (Wildman–Crippen MR) is 74.5 cm³/mol. The van der Waals surface area contributed by atoms with Crippen molar-refractivity contribution in [1.82, 2.24) is 0 Å². The van der Waals surface area contributed by atoms with E-state index in [0.29, 0.717) is 6.61 Å². The van der Waals surface area contributed by atoms with Crippen molar-refractivity contribution in [2.75, 3.05) is 6.61 Å². The summed E-state index contributed by atoms with van der Waals surface area (Å²) in [4.78, 5) is 9.82. The van der Waals surface area contributed by atoms with Crippen LogP contribution in [0.3, 0.4) is 0 Å². The van der Waals surface area contributed by atoms with Crippen molar-refractivity contribution in [2.45, 2.75) is 40.5 Å². The fourth-order valence-corrected chi connectivity index (χ4v) is 1.98. The standard InChI is InChI=1S/C12H14.C4H8O2/c1-9-7-11-5-3-4-6-12(11)8-10(9)2;1-3-6-4(2)5/h3-6H,7-8H2,1-2H3;3H2,1-2H3. The molecule has 2 nitrogen and oxygen atoms in total. The van der Waals surface area contributed by atoms with Crippen molar-refractivity contribution >= 4 is 5.97 Å². The van der Waals surface area contributed by atoms with E-state index in [0.717, 1.165) is 12.8 Å². The quantitative estimate of drug-likeness (QED) is 0.558. The smallest absolute Gasteiger partial charge is 0.302 e. The van der Waals surface area contributed by atoms with Gasteiger partial charge in [-0.15, -0.1) is 0 Å². The first-order valence-corrected chi connectivity index (χ1v) is 6.40. The molecule has 0 fully saturated rings. The minimum absolute atomic E-state index is 0.211. The molecule has 0 spiro atoms. The second kappa shape index (κ2) is 7.00. The Kier molecular flexibility index (Phi) is 5.63. The van der Waals surface area contributed by atoms with E-state index in [9.17, 15) is 4.79 Å². The van der Waals surface area contributed by atoms with E-state index in [2.05, 4.69) is 42.8 Å². The molecule has 1 aromatic rings. The summed E-state index contributed by atoms with van der Waals surface area (Å²) >= 11 is 0. The Morgan fingerprint density at radius 3 is 1.83 bits per heavy atom. The molecule has 1 aromatic carbocycles. The summed E-state index contributed by atoms with van der Waals surface area (Å²) in [5.41, 5.74) is 6.13. The molecule has 0 aromatic heterocycles. The van der Waals surface area contributed by atoms with Crippen molar-refractivity contribution in [1.29, 1.82) is 0 Å². The summed E-state index contributed by atoms with van der Waals surface area (Å²) in [7, 11) is 0. The maximum absolute atomic E-state index is 9.82. The molecule has 0 radical (unpaired) electrons. The summed E-state index contributed by atoms with van der Waals surface area (Å²) in [6, 6.07) is 8.75. The number of carbonyl (C=O) groups is 1. The van der Waals surface area contributed by atoms with Gasteiger partial charge in [0.15, 0.2) is 0 Å². The van der Waals surface area contributed by atoms with Gasteiger partial charge in [-0.2, -0.15) is 0 Å². The molecule has 0 aliphatic heterocycles. The SMILES string of the molecule is CC1=C(C)Cc2ccccc2C1.CCOC(C)=O. The van der Waals surface area contributed by atoms with Gasteiger partial charge in [-0.3, -0.25) is 4.79 Å². The van der Waals surface area contributed by atoms with Gasteiger partial charge in [0.05, 0.1) is 6.61 Å². The average molecular weight is 246 g/mol. The van der Waals surface area contributed by atoms with Gasteiger partial charge in [-0.1, -0.05) is 35.4 Å². The van der Waals surface area contributed by atoms with Crippen LogP contribution in [0.15, 0.2) is 35.4 Å². The zero-order valence-electron chi connectivity index (χ0n) is 11.7. The average Bonchev–Trinajstić information content (AvgIpc) is 2.31. The lowest BCUT2D eigenvalue weighted by atomic mass is 9.88. The molecule has 2 rings (SSSR count). The molecule has 0 heterocycles. The van der Waals surface area contributed by atoms with E-state index >= 15 is 0 Å². The predicted octanol–water partition coefficient (Wildman–Crippen LogP) is 3.69. The summed E-state index contributed by atoms with van der Waals surface area (Å²) in [5.74, 6) is -0.211. The highest BCUT2D eigenvalue weighted by atomic mass is 16.5. The van der Waals surface area contributed by atoms with Crippen molar-refractivity contribution < 1.29 is 9.53 Å². The first-order chi connectivity index (χ1) is 8.54. The van der Waals surface area contributed by atoms with E-state index < -0.39 is 0 Å². The molecule has 0 saturated heterocycles. The second-order valence-electron chi connectivity index (χ2n) is 4.61. The largest absolute Gasteiger partial charge is 0.466 e. The van der Waals surface area contributed by atoms with Crippen LogP contribution in [0, 0.1) is 0 Å². The second-order valence-corrected chi connectivity index (χ2v) is 4.61. The molecule has 0 N–H and O–H groups in total. The first-order valence-electron chi connectivity index (χ1n) is 6.40. The summed E-state index contributed by atoms with van der Waals surface area (Å²) in [5, 5.41) is 0. The molecular formula is C16H22O2. The topological polar surface area (TPSA) is 26.3 Å². The zero-order chi connectivity index (χ0) is 13.5. The van der Waals surface area contributed by atoms with Crippen molar-refractivity contribution in [3.05, 3.63) is 46.5 Å². The lowest BCUT2D eigenvalue weighted by Crippen LogP contribution is -2.04. The molecule has 0 bridgehead atoms. The van der Waals surface area contributed by atoms with Gasteiger partial charge < -0.3 is 4.74 Å². The number of fused-ring (bicyclic) bond motifs is 1. The number of hydrogen-bond donors (Lipinski definition) is 0. The van der Waals surface area contributed by atoms with E-state index in [1.165, 1.54) is 18.1 Å². The number of ether oxygens (including phenoxy) is 1. The van der Waals surface area contributed by atoms with E-state index in [1.54, 1.807) is 18.1 Å². The van der Waals surface area contributed by atoms with Crippen LogP contribution in [0.4, 0.5) is 0 Å². The van der Waals surface area contributed by atoms with Crippen LogP contribution in [0.2, 0.25) is 0 Å². The fourth-order valence-electron chi connectivity index (χ4n) is 1.98.